The first kappa shape index (κ1) is 18.9. The van der Waals surface area contributed by atoms with E-state index >= 15 is 0 Å². The first-order chi connectivity index (χ1) is 13.7. The highest BCUT2D eigenvalue weighted by Gasteiger charge is 2.23. The van der Waals surface area contributed by atoms with Crippen LogP contribution in [0.5, 0.6) is 0 Å². The molecule has 148 valence electrons. The standard InChI is InChI=1S/C22H30N6/c1-3-28-18(2)20(15-23-28)16-26-13-8-7-11-21(26)12-14-27-17-22(24-25-27)19-9-5-4-6-10-19/h4-6,9-10,15,17,21H,3,7-8,11-14,16H2,1-2H3. The zero-order chi connectivity index (χ0) is 19.3. The van der Waals surface area contributed by atoms with E-state index in [0.29, 0.717) is 6.04 Å². The third-order valence-electron chi connectivity index (χ3n) is 5.93. The molecule has 0 spiro atoms. The minimum absolute atomic E-state index is 0.600. The average molecular weight is 379 g/mol. The van der Waals surface area contributed by atoms with Crippen LogP contribution in [0.15, 0.2) is 42.7 Å². The molecule has 0 radical (unpaired) electrons. The van der Waals surface area contributed by atoms with Crippen molar-refractivity contribution in [1.29, 1.82) is 0 Å². The van der Waals surface area contributed by atoms with E-state index in [1.54, 1.807) is 0 Å². The fraction of sp³-hybridized carbons (Fsp3) is 0.500. The smallest absolute Gasteiger partial charge is 0.113 e. The molecule has 1 saturated heterocycles. The van der Waals surface area contributed by atoms with Crippen molar-refractivity contribution in [2.75, 3.05) is 6.54 Å². The lowest BCUT2D eigenvalue weighted by molar-refractivity contribution is 0.127. The number of nitrogens with zero attached hydrogens (tertiary/aromatic N) is 6. The van der Waals surface area contributed by atoms with Gasteiger partial charge in [-0.1, -0.05) is 42.0 Å². The van der Waals surface area contributed by atoms with Crippen LogP contribution in [0.4, 0.5) is 0 Å². The highest BCUT2D eigenvalue weighted by molar-refractivity contribution is 5.57. The van der Waals surface area contributed by atoms with Gasteiger partial charge in [0.25, 0.3) is 0 Å². The lowest BCUT2D eigenvalue weighted by atomic mass is 9.98. The van der Waals surface area contributed by atoms with Crippen molar-refractivity contribution in [3.8, 4) is 11.3 Å². The second kappa shape index (κ2) is 8.69. The van der Waals surface area contributed by atoms with Crippen molar-refractivity contribution in [1.82, 2.24) is 29.7 Å². The maximum atomic E-state index is 4.52. The molecule has 1 aliphatic rings. The van der Waals surface area contributed by atoms with Crippen molar-refractivity contribution in [2.24, 2.45) is 0 Å². The Kier molecular flexibility index (Phi) is 5.86. The number of likely N-dealkylation sites (tertiary alicyclic amines) is 1. The highest BCUT2D eigenvalue weighted by atomic mass is 15.4. The Labute approximate surface area is 167 Å². The monoisotopic (exact) mass is 378 g/mol. The maximum Gasteiger partial charge on any atom is 0.113 e. The number of benzene rings is 1. The predicted octanol–water partition coefficient (Wildman–Crippen LogP) is 3.91. The van der Waals surface area contributed by atoms with Crippen molar-refractivity contribution >= 4 is 0 Å². The minimum Gasteiger partial charge on any atom is -0.296 e. The quantitative estimate of drug-likeness (QED) is 0.625. The molecule has 1 fully saturated rings. The average Bonchev–Trinajstić information content (AvgIpc) is 3.35. The molecule has 1 unspecified atom stereocenters. The topological polar surface area (TPSA) is 51.8 Å². The van der Waals surface area contributed by atoms with Gasteiger partial charge in [-0.25, -0.2) is 0 Å². The fourth-order valence-electron chi connectivity index (χ4n) is 4.20. The first-order valence-corrected chi connectivity index (χ1v) is 10.5. The van der Waals surface area contributed by atoms with Crippen molar-refractivity contribution in [3.63, 3.8) is 0 Å². The summed E-state index contributed by atoms with van der Waals surface area (Å²) in [6, 6.07) is 10.9. The van der Waals surface area contributed by atoms with Gasteiger partial charge in [-0.05, 0) is 39.7 Å². The summed E-state index contributed by atoms with van der Waals surface area (Å²) in [6.07, 6.45) is 9.10. The number of hydrogen-bond acceptors (Lipinski definition) is 4. The summed E-state index contributed by atoms with van der Waals surface area (Å²) in [7, 11) is 0. The molecule has 3 aromatic rings. The highest BCUT2D eigenvalue weighted by Crippen LogP contribution is 2.24. The molecule has 4 rings (SSSR count). The van der Waals surface area contributed by atoms with E-state index in [4.69, 9.17) is 0 Å². The van der Waals surface area contributed by atoms with Gasteiger partial charge in [0, 0.05) is 42.5 Å². The van der Waals surface area contributed by atoms with Gasteiger partial charge in [-0.3, -0.25) is 14.3 Å². The van der Waals surface area contributed by atoms with Crippen molar-refractivity contribution in [3.05, 3.63) is 54.0 Å². The molecule has 6 nitrogen and oxygen atoms in total. The van der Waals surface area contributed by atoms with Crippen LogP contribution in [0.3, 0.4) is 0 Å². The molecule has 1 atom stereocenters. The Hall–Kier alpha value is -2.47. The number of hydrogen-bond donors (Lipinski definition) is 0. The van der Waals surface area contributed by atoms with Gasteiger partial charge in [-0.15, -0.1) is 5.10 Å². The SMILES string of the molecule is CCn1ncc(CN2CCCCC2CCn2cc(-c3ccccc3)nn2)c1C. The Balaban J connectivity index is 1.39. The van der Waals surface area contributed by atoms with Gasteiger partial charge in [0.2, 0.25) is 0 Å². The van der Waals surface area contributed by atoms with E-state index in [-0.39, 0.29) is 0 Å². The summed E-state index contributed by atoms with van der Waals surface area (Å²) in [6.45, 7) is 8.36. The lowest BCUT2D eigenvalue weighted by Gasteiger charge is -2.35. The van der Waals surface area contributed by atoms with E-state index < -0.39 is 0 Å². The summed E-state index contributed by atoms with van der Waals surface area (Å²) in [5.74, 6) is 0. The zero-order valence-corrected chi connectivity index (χ0v) is 17.0. The molecule has 2 aromatic heterocycles. The van der Waals surface area contributed by atoms with Crippen LogP contribution < -0.4 is 0 Å². The van der Waals surface area contributed by atoms with Gasteiger partial charge < -0.3 is 0 Å². The van der Waals surface area contributed by atoms with Crippen LogP contribution in [0.1, 0.15) is 43.9 Å². The van der Waals surface area contributed by atoms with Gasteiger partial charge in [0.1, 0.15) is 5.69 Å². The van der Waals surface area contributed by atoms with Crippen LogP contribution in [-0.4, -0.2) is 42.3 Å². The Morgan fingerprint density at radius 1 is 1.14 bits per heavy atom. The van der Waals surface area contributed by atoms with E-state index in [9.17, 15) is 0 Å². The third-order valence-corrected chi connectivity index (χ3v) is 5.93. The summed E-state index contributed by atoms with van der Waals surface area (Å²) in [5.41, 5.74) is 4.73. The fourth-order valence-corrected chi connectivity index (χ4v) is 4.20. The van der Waals surface area contributed by atoms with Crippen LogP contribution in [0.25, 0.3) is 11.3 Å². The second-order valence-corrected chi connectivity index (χ2v) is 7.71. The summed E-state index contributed by atoms with van der Waals surface area (Å²) in [4.78, 5) is 2.64. The normalized spacial score (nSPS) is 17.9. The van der Waals surface area contributed by atoms with E-state index in [0.717, 1.165) is 37.3 Å². The molecule has 0 amide bonds. The number of rotatable bonds is 7. The van der Waals surface area contributed by atoms with Gasteiger partial charge in [0.05, 0.1) is 12.4 Å². The summed E-state index contributed by atoms with van der Waals surface area (Å²) >= 11 is 0. The summed E-state index contributed by atoms with van der Waals surface area (Å²) < 4.78 is 4.09. The molecule has 3 heterocycles. The predicted molar refractivity (Wildman–Crippen MR) is 111 cm³/mol. The Morgan fingerprint density at radius 2 is 2.00 bits per heavy atom. The Morgan fingerprint density at radius 3 is 2.79 bits per heavy atom. The van der Waals surface area contributed by atoms with Gasteiger partial charge >= 0.3 is 0 Å². The largest absolute Gasteiger partial charge is 0.296 e. The van der Waals surface area contributed by atoms with E-state index in [1.165, 1.54) is 37.1 Å². The molecule has 1 aromatic carbocycles. The van der Waals surface area contributed by atoms with Crippen LogP contribution in [0, 0.1) is 6.92 Å². The maximum absolute atomic E-state index is 4.52. The van der Waals surface area contributed by atoms with E-state index in [1.807, 2.05) is 29.1 Å². The second-order valence-electron chi connectivity index (χ2n) is 7.71. The molecule has 28 heavy (non-hydrogen) atoms. The third kappa shape index (κ3) is 4.17. The summed E-state index contributed by atoms with van der Waals surface area (Å²) in [5, 5.41) is 13.2. The van der Waals surface area contributed by atoms with Crippen LogP contribution >= 0.6 is 0 Å². The molecule has 6 heteroatoms. The first-order valence-electron chi connectivity index (χ1n) is 10.5. The van der Waals surface area contributed by atoms with E-state index in [2.05, 4.69) is 57.2 Å². The molecule has 0 bridgehead atoms. The zero-order valence-electron chi connectivity index (χ0n) is 17.0. The van der Waals surface area contributed by atoms with Crippen LogP contribution in [0.2, 0.25) is 0 Å². The molecular weight excluding hydrogens is 348 g/mol. The van der Waals surface area contributed by atoms with Crippen LogP contribution in [-0.2, 0) is 19.6 Å². The Bertz CT molecular complexity index is 882. The van der Waals surface area contributed by atoms with Crippen molar-refractivity contribution < 1.29 is 0 Å². The molecule has 1 aliphatic heterocycles. The van der Waals surface area contributed by atoms with Gasteiger partial charge in [-0.2, -0.15) is 5.10 Å². The minimum atomic E-state index is 0.600. The molecule has 0 aliphatic carbocycles. The van der Waals surface area contributed by atoms with Gasteiger partial charge in [0.15, 0.2) is 0 Å². The number of aromatic nitrogens is 5. The van der Waals surface area contributed by atoms with Crippen molar-refractivity contribution in [2.45, 2.75) is 65.2 Å². The molecular formula is C22H30N6. The lowest BCUT2D eigenvalue weighted by Crippen LogP contribution is -2.39. The number of piperidine rings is 1. The molecule has 0 N–H and O–H groups in total. The molecule has 0 saturated carbocycles. The number of aryl methyl sites for hydroxylation is 2.